The van der Waals surface area contributed by atoms with Gasteiger partial charge in [-0.15, -0.1) is 0 Å². The SMILES string of the molecule is CCN(CC)C(=O)Nc1ccc(OCC2CC2)c(C(C)=O)c1. The molecule has 0 spiro atoms. The highest BCUT2D eigenvalue weighted by molar-refractivity contribution is 5.99. The molecular weight excluding hydrogens is 280 g/mol. The minimum atomic E-state index is -0.161. The molecule has 1 fully saturated rings. The van der Waals surface area contributed by atoms with Gasteiger partial charge in [-0.25, -0.2) is 4.79 Å². The third-order valence-electron chi connectivity index (χ3n) is 3.83. The van der Waals surface area contributed by atoms with E-state index in [1.54, 1.807) is 23.1 Å². The van der Waals surface area contributed by atoms with Crippen molar-refractivity contribution >= 4 is 17.5 Å². The molecule has 1 aliphatic carbocycles. The van der Waals surface area contributed by atoms with E-state index < -0.39 is 0 Å². The minimum absolute atomic E-state index is 0.0651. The number of carbonyl (C=O) groups excluding carboxylic acids is 2. The molecule has 1 N–H and O–H groups in total. The molecule has 2 rings (SSSR count). The van der Waals surface area contributed by atoms with E-state index in [1.807, 2.05) is 13.8 Å². The molecule has 0 saturated heterocycles. The Kier molecular flexibility index (Phi) is 5.41. The molecule has 2 amide bonds. The van der Waals surface area contributed by atoms with Gasteiger partial charge in [0.05, 0.1) is 12.2 Å². The lowest BCUT2D eigenvalue weighted by Crippen LogP contribution is -2.34. The Labute approximate surface area is 131 Å². The fraction of sp³-hybridized carbons (Fsp3) is 0.529. The van der Waals surface area contributed by atoms with Crippen LogP contribution < -0.4 is 10.1 Å². The standard InChI is InChI=1S/C17H24N2O3/c1-4-19(5-2)17(21)18-14-8-9-16(15(10-14)12(3)20)22-11-13-6-7-13/h8-10,13H,4-7,11H2,1-3H3,(H,18,21). The number of carbonyl (C=O) groups is 2. The Balaban J connectivity index is 2.10. The van der Waals surface area contributed by atoms with Gasteiger partial charge in [0.1, 0.15) is 5.75 Å². The molecule has 120 valence electrons. The molecule has 22 heavy (non-hydrogen) atoms. The Morgan fingerprint density at radius 3 is 2.50 bits per heavy atom. The van der Waals surface area contributed by atoms with Gasteiger partial charge >= 0.3 is 6.03 Å². The number of Topliss-reactive ketones (excluding diaryl/α,β-unsaturated/α-hetero) is 1. The minimum Gasteiger partial charge on any atom is -0.493 e. The van der Waals surface area contributed by atoms with Crippen LogP contribution in [0.15, 0.2) is 18.2 Å². The van der Waals surface area contributed by atoms with Crippen molar-refractivity contribution in [3.63, 3.8) is 0 Å². The normalized spacial score (nSPS) is 13.6. The summed E-state index contributed by atoms with van der Waals surface area (Å²) in [6.07, 6.45) is 2.40. The highest BCUT2D eigenvalue weighted by Crippen LogP contribution is 2.31. The first-order chi connectivity index (χ1) is 10.5. The summed E-state index contributed by atoms with van der Waals surface area (Å²) in [5.74, 6) is 1.16. The number of nitrogens with one attached hydrogen (secondary N) is 1. The molecule has 1 aliphatic rings. The molecule has 0 heterocycles. The van der Waals surface area contributed by atoms with Crippen LogP contribution in [0.2, 0.25) is 0 Å². The number of rotatable bonds is 7. The zero-order valence-corrected chi connectivity index (χ0v) is 13.5. The maximum Gasteiger partial charge on any atom is 0.321 e. The number of ether oxygens (including phenoxy) is 1. The topological polar surface area (TPSA) is 58.6 Å². The van der Waals surface area contributed by atoms with Gasteiger partial charge in [-0.1, -0.05) is 0 Å². The van der Waals surface area contributed by atoms with Crippen LogP contribution in [0.5, 0.6) is 5.75 Å². The molecule has 0 atom stereocenters. The van der Waals surface area contributed by atoms with Gasteiger partial charge in [0.25, 0.3) is 0 Å². The first-order valence-corrected chi connectivity index (χ1v) is 7.88. The second kappa shape index (κ2) is 7.29. The van der Waals surface area contributed by atoms with E-state index in [0.717, 1.165) is 0 Å². The van der Waals surface area contributed by atoms with Crippen LogP contribution in [0.25, 0.3) is 0 Å². The fourth-order valence-electron chi connectivity index (χ4n) is 2.21. The van der Waals surface area contributed by atoms with E-state index in [9.17, 15) is 9.59 Å². The summed E-state index contributed by atoms with van der Waals surface area (Å²) in [7, 11) is 0. The smallest absolute Gasteiger partial charge is 0.321 e. The second-order valence-corrected chi connectivity index (χ2v) is 5.62. The summed E-state index contributed by atoms with van der Waals surface area (Å²) in [4.78, 5) is 25.6. The van der Waals surface area contributed by atoms with Crippen LogP contribution >= 0.6 is 0 Å². The van der Waals surface area contributed by atoms with Crippen LogP contribution in [0.3, 0.4) is 0 Å². The molecule has 5 heteroatoms. The second-order valence-electron chi connectivity index (χ2n) is 5.62. The monoisotopic (exact) mass is 304 g/mol. The van der Waals surface area contributed by atoms with Crippen LogP contribution in [0, 0.1) is 5.92 Å². The summed E-state index contributed by atoms with van der Waals surface area (Å²) in [6.45, 7) is 7.31. The first-order valence-electron chi connectivity index (χ1n) is 7.88. The van der Waals surface area contributed by atoms with Crippen molar-refractivity contribution in [1.29, 1.82) is 0 Å². The quantitative estimate of drug-likeness (QED) is 0.784. The van der Waals surface area contributed by atoms with E-state index in [2.05, 4.69) is 5.32 Å². The average molecular weight is 304 g/mol. The zero-order chi connectivity index (χ0) is 16.1. The lowest BCUT2D eigenvalue weighted by atomic mass is 10.1. The maximum absolute atomic E-state index is 12.1. The number of anilines is 1. The van der Waals surface area contributed by atoms with Crippen LogP contribution in [0.1, 0.15) is 44.0 Å². The fourth-order valence-corrected chi connectivity index (χ4v) is 2.21. The molecule has 0 radical (unpaired) electrons. The van der Waals surface area contributed by atoms with Crippen molar-refractivity contribution in [2.75, 3.05) is 25.0 Å². The first kappa shape index (κ1) is 16.3. The maximum atomic E-state index is 12.1. The van der Waals surface area contributed by atoms with Gasteiger partial charge in [-0.05, 0) is 57.7 Å². The predicted molar refractivity (Wildman–Crippen MR) is 86.6 cm³/mol. The zero-order valence-electron chi connectivity index (χ0n) is 13.5. The molecule has 0 aliphatic heterocycles. The van der Waals surface area contributed by atoms with E-state index in [-0.39, 0.29) is 11.8 Å². The lowest BCUT2D eigenvalue weighted by Gasteiger charge is -2.19. The van der Waals surface area contributed by atoms with Crippen molar-refractivity contribution in [1.82, 2.24) is 4.90 Å². The van der Waals surface area contributed by atoms with Gasteiger partial charge in [0.15, 0.2) is 5.78 Å². The highest BCUT2D eigenvalue weighted by atomic mass is 16.5. The average Bonchev–Trinajstić information content (AvgIpc) is 3.31. The summed E-state index contributed by atoms with van der Waals surface area (Å²) in [6, 6.07) is 5.06. The Morgan fingerprint density at radius 2 is 1.95 bits per heavy atom. The van der Waals surface area contributed by atoms with E-state index in [4.69, 9.17) is 4.74 Å². The van der Waals surface area contributed by atoms with Crippen molar-refractivity contribution in [2.45, 2.75) is 33.6 Å². The highest BCUT2D eigenvalue weighted by Gasteiger charge is 2.23. The third-order valence-corrected chi connectivity index (χ3v) is 3.83. The van der Waals surface area contributed by atoms with Crippen molar-refractivity contribution in [3.8, 4) is 5.75 Å². The lowest BCUT2D eigenvalue weighted by molar-refractivity contribution is 0.101. The summed E-state index contributed by atoms with van der Waals surface area (Å²) < 4.78 is 5.73. The molecular formula is C17H24N2O3. The van der Waals surface area contributed by atoms with Crippen molar-refractivity contribution < 1.29 is 14.3 Å². The number of hydrogen-bond acceptors (Lipinski definition) is 3. The molecule has 1 aromatic carbocycles. The molecule has 5 nitrogen and oxygen atoms in total. The van der Waals surface area contributed by atoms with Gasteiger partial charge in [-0.2, -0.15) is 0 Å². The summed E-state index contributed by atoms with van der Waals surface area (Å²) in [5.41, 5.74) is 1.12. The molecule has 1 saturated carbocycles. The van der Waals surface area contributed by atoms with Crippen LogP contribution in [-0.4, -0.2) is 36.4 Å². The van der Waals surface area contributed by atoms with Crippen molar-refractivity contribution in [2.24, 2.45) is 5.92 Å². The number of urea groups is 1. The Bertz CT molecular complexity index is 549. The number of hydrogen-bond donors (Lipinski definition) is 1. The van der Waals surface area contributed by atoms with E-state index in [1.165, 1.54) is 19.8 Å². The summed E-state index contributed by atoms with van der Waals surface area (Å²) >= 11 is 0. The van der Waals surface area contributed by atoms with Gasteiger partial charge in [0, 0.05) is 18.8 Å². The molecule has 1 aromatic rings. The third kappa shape index (κ3) is 4.23. The summed E-state index contributed by atoms with van der Waals surface area (Å²) in [5, 5.41) is 2.82. The van der Waals surface area contributed by atoms with Gasteiger partial charge in [-0.3, -0.25) is 4.79 Å². The number of ketones is 1. The van der Waals surface area contributed by atoms with E-state index in [0.29, 0.717) is 42.6 Å². The van der Waals surface area contributed by atoms with Gasteiger partial charge < -0.3 is 15.0 Å². The Hall–Kier alpha value is -2.04. The number of benzene rings is 1. The van der Waals surface area contributed by atoms with Crippen molar-refractivity contribution in [3.05, 3.63) is 23.8 Å². The predicted octanol–water partition coefficient (Wildman–Crippen LogP) is 3.55. The Morgan fingerprint density at radius 1 is 1.27 bits per heavy atom. The number of amides is 2. The largest absolute Gasteiger partial charge is 0.493 e. The molecule has 0 bridgehead atoms. The van der Waals surface area contributed by atoms with Gasteiger partial charge in [0.2, 0.25) is 0 Å². The molecule has 0 aromatic heterocycles. The van der Waals surface area contributed by atoms with Crippen LogP contribution in [0.4, 0.5) is 10.5 Å². The number of nitrogens with zero attached hydrogens (tertiary/aromatic N) is 1. The van der Waals surface area contributed by atoms with E-state index >= 15 is 0 Å². The molecule has 0 unspecified atom stereocenters. The van der Waals surface area contributed by atoms with Crippen LogP contribution in [-0.2, 0) is 0 Å².